The molecule has 0 aromatic carbocycles. The van der Waals surface area contributed by atoms with E-state index in [1.54, 1.807) is 0 Å². The van der Waals surface area contributed by atoms with Crippen LogP contribution in [-0.4, -0.2) is 23.6 Å². The Kier molecular flexibility index (Phi) is 5.83. The first kappa shape index (κ1) is 16.1. The molecule has 2 N–H and O–H groups in total. The molecule has 1 saturated carbocycles. The van der Waals surface area contributed by atoms with Gasteiger partial charge in [-0.05, 0) is 24.7 Å². The van der Waals surface area contributed by atoms with Crippen molar-refractivity contribution in [1.29, 1.82) is 0 Å². The second kappa shape index (κ2) is 7.62. The van der Waals surface area contributed by atoms with Gasteiger partial charge in [0.2, 0.25) is 0 Å². The lowest BCUT2D eigenvalue weighted by atomic mass is 9.81. The molecule has 0 aliphatic heterocycles. The fourth-order valence-electron chi connectivity index (χ4n) is 3.04. The first-order valence-electron chi connectivity index (χ1n) is 8.43. The third-order valence-electron chi connectivity index (χ3n) is 4.63. The molecule has 0 spiro atoms. The van der Waals surface area contributed by atoms with Crippen molar-refractivity contribution in [3.8, 4) is 0 Å². The fraction of sp³-hybridized carbons (Fsp3) is 0.765. The third kappa shape index (κ3) is 4.58. The molecule has 1 aromatic rings. The van der Waals surface area contributed by atoms with E-state index in [0.29, 0.717) is 5.92 Å². The Hall–Kier alpha value is -1.32. The van der Waals surface area contributed by atoms with Crippen molar-refractivity contribution in [3.63, 3.8) is 0 Å². The highest BCUT2D eigenvalue weighted by Crippen LogP contribution is 2.30. The van der Waals surface area contributed by atoms with Crippen LogP contribution in [0.1, 0.15) is 64.6 Å². The molecule has 0 amide bonds. The summed E-state index contributed by atoms with van der Waals surface area (Å²) in [6.45, 7) is 7.61. The predicted octanol–water partition coefficient (Wildman–Crippen LogP) is 4.27. The minimum atomic E-state index is 0.346. The molecule has 2 rings (SSSR count). The van der Waals surface area contributed by atoms with Gasteiger partial charge in [0.15, 0.2) is 0 Å². The van der Waals surface area contributed by atoms with Gasteiger partial charge >= 0.3 is 0 Å². The van der Waals surface area contributed by atoms with Gasteiger partial charge in [-0.15, -0.1) is 0 Å². The maximum absolute atomic E-state index is 4.63. The number of anilines is 2. The molecule has 0 saturated heterocycles. The summed E-state index contributed by atoms with van der Waals surface area (Å²) in [6.07, 6.45) is 6.84. The summed E-state index contributed by atoms with van der Waals surface area (Å²) in [4.78, 5) is 9.14. The maximum Gasteiger partial charge on any atom is 0.135 e. The number of aromatic nitrogens is 2. The number of nitrogens with zero attached hydrogens (tertiary/aromatic N) is 2. The highest BCUT2D eigenvalue weighted by Gasteiger charge is 2.20. The van der Waals surface area contributed by atoms with Gasteiger partial charge in [-0.3, -0.25) is 0 Å². The largest absolute Gasteiger partial charge is 0.373 e. The fourth-order valence-corrected chi connectivity index (χ4v) is 3.04. The molecule has 1 aliphatic rings. The van der Waals surface area contributed by atoms with Gasteiger partial charge in [0.1, 0.15) is 17.5 Å². The van der Waals surface area contributed by atoms with Crippen LogP contribution in [0, 0.1) is 11.8 Å². The van der Waals surface area contributed by atoms with Gasteiger partial charge in [0, 0.05) is 25.6 Å². The molecule has 0 unspecified atom stereocenters. The monoisotopic (exact) mass is 290 g/mol. The van der Waals surface area contributed by atoms with E-state index < -0.39 is 0 Å². The predicted molar refractivity (Wildman–Crippen MR) is 89.9 cm³/mol. The smallest absolute Gasteiger partial charge is 0.135 e. The number of hydrogen-bond acceptors (Lipinski definition) is 4. The Balaban J connectivity index is 1.92. The van der Waals surface area contributed by atoms with Crippen molar-refractivity contribution in [3.05, 3.63) is 11.9 Å². The molecule has 1 fully saturated rings. The van der Waals surface area contributed by atoms with Gasteiger partial charge in [-0.2, -0.15) is 0 Å². The molecule has 1 aromatic heterocycles. The zero-order chi connectivity index (χ0) is 15.2. The van der Waals surface area contributed by atoms with Crippen LogP contribution in [-0.2, 0) is 0 Å². The number of hydrogen-bond donors (Lipinski definition) is 2. The summed E-state index contributed by atoms with van der Waals surface area (Å²) < 4.78 is 0. The highest BCUT2D eigenvalue weighted by atomic mass is 15.1. The van der Waals surface area contributed by atoms with Crippen LogP contribution in [0.25, 0.3) is 0 Å². The van der Waals surface area contributed by atoms with E-state index in [9.17, 15) is 0 Å². The SMILES string of the molecule is CCC1CCC(CNc2cc(NC)nc(C(C)C)n2)CC1. The Morgan fingerprint density at radius 1 is 1.10 bits per heavy atom. The average molecular weight is 290 g/mol. The zero-order valence-corrected chi connectivity index (χ0v) is 13.9. The van der Waals surface area contributed by atoms with Gasteiger partial charge in [-0.25, -0.2) is 9.97 Å². The second-order valence-electron chi connectivity index (χ2n) is 6.58. The van der Waals surface area contributed by atoms with Gasteiger partial charge < -0.3 is 10.6 Å². The standard InChI is InChI=1S/C17H30N4/c1-5-13-6-8-14(9-7-13)11-19-16-10-15(18-4)20-17(21-16)12(2)3/h10,12-14H,5-9,11H2,1-4H3,(H2,18,19,20,21). The van der Waals surface area contributed by atoms with Gasteiger partial charge in [-0.1, -0.05) is 40.0 Å². The van der Waals surface area contributed by atoms with Crippen molar-refractivity contribution in [2.45, 2.75) is 58.8 Å². The van der Waals surface area contributed by atoms with Crippen LogP contribution in [0.5, 0.6) is 0 Å². The number of nitrogens with one attached hydrogen (secondary N) is 2. The summed E-state index contributed by atoms with van der Waals surface area (Å²) >= 11 is 0. The lowest BCUT2D eigenvalue weighted by Gasteiger charge is -2.28. The average Bonchev–Trinajstić information content (AvgIpc) is 2.53. The minimum Gasteiger partial charge on any atom is -0.373 e. The molecule has 4 nitrogen and oxygen atoms in total. The Morgan fingerprint density at radius 3 is 2.29 bits per heavy atom. The second-order valence-corrected chi connectivity index (χ2v) is 6.58. The van der Waals surface area contributed by atoms with Crippen LogP contribution >= 0.6 is 0 Å². The van der Waals surface area contributed by atoms with Crippen molar-refractivity contribution < 1.29 is 0 Å². The van der Waals surface area contributed by atoms with Crippen LogP contribution < -0.4 is 10.6 Å². The Morgan fingerprint density at radius 2 is 1.71 bits per heavy atom. The van der Waals surface area contributed by atoms with Crippen molar-refractivity contribution in [2.24, 2.45) is 11.8 Å². The molecule has 118 valence electrons. The van der Waals surface area contributed by atoms with Crippen LogP contribution in [0.2, 0.25) is 0 Å². The molecular weight excluding hydrogens is 260 g/mol. The summed E-state index contributed by atoms with van der Waals surface area (Å²) in [5, 5.41) is 6.65. The maximum atomic E-state index is 4.63. The van der Waals surface area contributed by atoms with E-state index in [2.05, 4.69) is 41.4 Å². The van der Waals surface area contributed by atoms with E-state index in [0.717, 1.165) is 35.8 Å². The zero-order valence-electron chi connectivity index (χ0n) is 13.9. The Labute approximate surface area is 129 Å². The Bertz CT molecular complexity index is 436. The van der Waals surface area contributed by atoms with E-state index in [4.69, 9.17) is 0 Å². The van der Waals surface area contributed by atoms with E-state index in [-0.39, 0.29) is 0 Å². The molecule has 0 bridgehead atoms. The summed E-state index contributed by atoms with van der Waals surface area (Å²) in [6, 6.07) is 2.00. The first-order valence-corrected chi connectivity index (χ1v) is 8.43. The van der Waals surface area contributed by atoms with Crippen LogP contribution in [0.4, 0.5) is 11.6 Å². The van der Waals surface area contributed by atoms with Crippen LogP contribution in [0.15, 0.2) is 6.07 Å². The van der Waals surface area contributed by atoms with Gasteiger partial charge in [0.05, 0.1) is 0 Å². The van der Waals surface area contributed by atoms with E-state index in [1.807, 2.05) is 13.1 Å². The summed E-state index contributed by atoms with van der Waals surface area (Å²) in [5.74, 6) is 4.85. The van der Waals surface area contributed by atoms with E-state index >= 15 is 0 Å². The van der Waals surface area contributed by atoms with Crippen molar-refractivity contribution in [2.75, 3.05) is 24.2 Å². The quantitative estimate of drug-likeness (QED) is 0.821. The topological polar surface area (TPSA) is 49.8 Å². The minimum absolute atomic E-state index is 0.346. The van der Waals surface area contributed by atoms with Crippen molar-refractivity contribution >= 4 is 11.6 Å². The highest BCUT2D eigenvalue weighted by molar-refractivity contribution is 5.47. The molecule has 1 aliphatic carbocycles. The third-order valence-corrected chi connectivity index (χ3v) is 4.63. The molecular formula is C17H30N4. The van der Waals surface area contributed by atoms with Gasteiger partial charge in [0.25, 0.3) is 0 Å². The molecule has 21 heavy (non-hydrogen) atoms. The van der Waals surface area contributed by atoms with Crippen LogP contribution in [0.3, 0.4) is 0 Å². The summed E-state index contributed by atoms with van der Waals surface area (Å²) in [7, 11) is 1.91. The van der Waals surface area contributed by atoms with E-state index in [1.165, 1.54) is 32.1 Å². The first-order chi connectivity index (χ1) is 10.1. The lowest BCUT2D eigenvalue weighted by molar-refractivity contribution is 0.278. The molecule has 4 heteroatoms. The normalized spacial score (nSPS) is 22.3. The molecule has 1 heterocycles. The number of rotatable bonds is 6. The van der Waals surface area contributed by atoms with Crippen molar-refractivity contribution in [1.82, 2.24) is 9.97 Å². The summed E-state index contributed by atoms with van der Waals surface area (Å²) in [5.41, 5.74) is 0. The lowest BCUT2D eigenvalue weighted by Crippen LogP contribution is -2.21. The molecule has 0 radical (unpaired) electrons. The molecule has 0 atom stereocenters.